The maximum absolute atomic E-state index is 13.0. The molecule has 0 spiro atoms. The summed E-state index contributed by atoms with van der Waals surface area (Å²) in [4.78, 5) is 13.0. The summed E-state index contributed by atoms with van der Waals surface area (Å²) in [6.07, 6.45) is 0.0243. The second-order valence-corrected chi connectivity index (χ2v) is 9.55. The van der Waals surface area contributed by atoms with E-state index < -0.39 is 10.0 Å². The van der Waals surface area contributed by atoms with Crippen molar-refractivity contribution in [3.05, 3.63) is 108 Å². The topological polar surface area (TPSA) is 157 Å². The lowest BCUT2D eigenvalue weighted by Crippen LogP contribution is -2.13. The number of carbonyl (C=O) groups is 1. The van der Waals surface area contributed by atoms with Crippen molar-refractivity contribution in [2.45, 2.75) is 11.3 Å². The SMILES string of the molecule is N=C(N)c1ccc(O)c(Oc2ccccc2CC(=O)c2ccc(-c3ccccc3S(N)(=O)=O)cc2)c1. The Bertz CT molecular complexity index is 1560. The highest BCUT2D eigenvalue weighted by Gasteiger charge is 2.17. The Kier molecular flexibility index (Phi) is 6.86. The molecule has 0 aliphatic carbocycles. The van der Waals surface area contributed by atoms with Gasteiger partial charge < -0.3 is 15.6 Å². The number of sulfonamides is 1. The van der Waals surface area contributed by atoms with Gasteiger partial charge in [-0.3, -0.25) is 10.2 Å². The van der Waals surface area contributed by atoms with Gasteiger partial charge in [0.25, 0.3) is 0 Å². The molecule has 4 rings (SSSR count). The normalized spacial score (nSPS) is 11.1. The number of benzene rings is 4. The summed E-state index contributed by atoms with van der Waals surface area (Å²) in [5.41, 5.74) is 8.01. The Morgan fingerprint density at radius 3 is 2.19 bits per heavy atom. The third-order valence-corrected chi connectivity index (χ3v) is 6.49. The fraction of sp³-hybridized carbons (Fsp3) is 0.0370. The van der Waals surface area contributed by atoms with Crippen LogP contribution in [0.25, 0.3) is 11.1 Å². The fourth-order valence-electron chi connectivity index (χ4n) is 3.70. The highest BCUT2D eigenvalue weighted by atomic mass is 32.2. The molecule has 0 aliphatic heterocycles. The molecular formula is C27H23N3O5S. The smallest absolute Gasteiger partial charge is 0.238 e. The minimum atomic E-state index is -3.91. The third kappa shape index (κ3) is 5.43. The highest BCUT2D eigenvalue weighted by molar-refractivity contribution is 7.89. The number of para-hydroxylation sites is 1. The minimum Gasteiger partial charge on any atom is -0.504 e. The molecule has 0 fully saturated rings. The summed E-state index contributed by atoms with van der Waals surface area (Å²) in [6, 6.07) is 24.3. The number of nitrogens with two attached hydrogens (primary N) is 2. The Labute approximate surface area is 208 Å². The number of Topliss-reactive ketones (excluding diaryl/α,β-unsaturated/α-hetero) is 1. The van der Waals surface area contributed by atoms with Crippen LogP contribution in [-0.2, 0) is 16.4 Å². The summed E-state index contributed by atoms with van der Waals surface area (Å²) in [7, 11) is -3.91. The average molecular weight is 502 g/mol. The number of aromatic hydroxyl groups is 1. The quantitative estimate of drug-likeness (QED) is 0.161. The van der Waals surface area contributed by atoms with E-state index in [2.05, 4.69) is 0 Å². The number of ketones is 1. The van der Waals surface area contributed by atoms with Gasteiger partial charge in [-0.05, 0) is 35.9 Å². The predicted octanol–water partition coefficient (Wildman–Crippen LogP) is 4.21. The van der Waals surface area contributed by atoms with E-state index in [1.165, 1.54) is 24.3 Å². The molecule has 0 amide bonds. The third-order valence-electron chi connectivity index (χ3n) is 5.53. The Morgan fingerprint density at radius 2 is 1.50 bits per heavy atom. The summed E-state index contributed by atoms with van der Waals surface area (Å²) in [5, 5.41) is 23.1. The lowest BCUT2D eigenvalue weighted by atomic mass is 9.99. The van der Waals surface area contributed by atoms with Crippen molar-refractivity contribution in [1.29, 1.82) is 5.41 Å². The first-order chi connectivity index (χ1) is 17.1. The van der Waals surface area contributed by atoms with Crippen LogP contribution in [0.1, 0.15) is 21.5 Å². The molecule has 0 bridgehead atoms. The van der Waals surface area contributed by atoms with E-state index in [0.717, 1.165) is 0 Å². The number of ether oxygens (including phenoxy) is 1. The lowest BCUT2D eigenvalue weighted by molar-refractivity contribution is 0.0992. The van der Waals surface area contributed by atoms with Gasteiger partial charge in [0.05, 0.1) is 4.90 Å². The maximum Gasteiger partial charge on any atom is 0.238 e. The molecule has 0 saturated carbocycles. The van der Waals surface area contributed by atoms with Gasteiger partial charge in [0.15, 0.2) is 17.3 Å². The zero-order valence-corrected chi connectivity index (χ0v) is 19.8. The maximum atomic E-state index is 13.0. The van der Waals surface area contributed by atoms with Crippen molar-refractivity contribution >= 4 is 21.6 Å². The molecule has 0 aliphatic rings. The molecule has 0 atom stereocenters. The van der Waals surface area contributed by atoms with Crippen molar-refractivity contribution in [3.63, 3.8) is 0 Å². The van der Waals surface area contributed by atoms with E-state index in [-0.39, 0.29) is 34.4 Å². The molecule has 4 aromatic carbocycles. The second-order valence-electron chi connectivity index (χ2n) is 8.02. The summed E-state index contributed by atoms with van der Waals surface area (Å²) in [6.45, 7) is 0. The van der Waals surface area contributed by atoms with Crippen LogP contribution in [0.4, 0.5) is 0 Å². The Balaban J connectivity index is 1.57. The molecular weight excluding hydrogens is 478 g/mol. The van der Waals surface area contributed by atoms with Crippen molar-refractivity contribution in [2.75, 3.05) is 0 Å². The molecule has 8 nitrogen and oxygen atoms in total. The molecule has 0 unspecified atom stereocenters. The van der Waals surface area contributed by atoms with Gasteiger partial charge in [0, 0.05) is 28.7 Å². The summed E-state index contributed by atoms with van der Waals surface area (Å²) >= 11 is 0. The number of nitrogen functional groups attached to an aromatic ring is 1. The molecule has 182 valence electrons. The number of hydrogen-bond acceptors (Lipinski definition) is 6. The van der Waals surface area contributed by atoms with Crippen LogP contribution in [0.15, 0.2) is 95.9 Å². The standard InChI is InChI=1S/C27H23N3O5S/c28-27(29)20-13-14-22(31)25(16-20)35-24-7-3-1-5-19(24)15-23(32)18-11-9-17(10-12-18)21-6-2-4-8-26(21)36(30,33)34/h1-14,16,31H,15H2,(H3,28,29)(H2,30,33,34). The number of phenols is 1. The number of primary sulfonamides is 1. The summed E-state index contributed by atoms with van der Waals surface area (Å²) in [5.74, 6) is 0.00926. The number of carbonyl (C=O) groups excluding carboxylic acids is 1. The first-order valence-corrected chi connectivity index (χ1v) is 12.4. The molecule has 6 N–H and O–H groups in total. The van der Waals surface area contributed by atoms with Crippen molar-refractivity contribution in [2.24, 2.45) is 10.9 Å². The van der Waals surface area contributed by atoms with E-state index in [0.29, 0.717) is 33.6 Å². The summed E-state index contributed by atoms with van der Waals surface area (Å²) < 4.78 is 29.7. The number of amidine groups is 1. The highest BCUT2D eigenvalue weighted by Crippen LogP contribution is 2.34. The van der Waals surface area contributed by atoms with Crippen LogP contribution in [0.3, 0.4) is 0 Å². The average Bonchev–Trinajstić information content (AvgIpc) is 2.86. The Morgan fingerprint density at radius 1 is 0.861 bits per heavy atom. The van der Waals surface area contributed by atoms with Crippen molar-refractivity contribution < 1.29 is 23.1 Å². The van der Waals surface area contributed by atoms with E-state index in [9.17, 15) is 18.3 Å². The minimum absolute atomic E-state index is 0.00671. The van der Waals surface area contributed by atoms with Gasteiger partial charge in [-0.15, -0.1) is 0 Å². The van der Waals surface area contributed by atoms with Gasteiger partial charge in [-0.1, -0.05) is 60.7 Å². The molecule has 0 heterocycles. The van der Waals surface area contributed by atoms with Crippen LogP contribution >= 0.6 is 0 Å². The first-order valence-electron chi connectivity index (χ1n) is 10.8. The van der Waals surface area contributed by atoms with Crippen molar-refractivity contribution in [1.82, 2.24) is 0 Å². The number of nitrogens with one attached hydrogen (secondary N) is 1. The zero-order valence-electron chi connectivity index (χ0n) is 19.0. The van der Waals surface area contributed by atoms with E-state index in [4.69, 9.17) is 21.0 Å². The van der Waals surface area contributed by atoms with Crippen LogP contribution in [0, 0.1) is 5.41 Å². The van der Waals surface area contributed by atoms with Crippen LogP contribution in [-0.4, -0.2) is 25.1 Å². The van der Waals surface area contributed by atoms with E-state index >= 15 is 0 Å². The molecule has 0 saturated heterocycles. The molecule has 36 heavy (non-hydrogen) atoms. The van der Waals surface area contributed by atoms with Gasteiger partial charge in [-0.25, -0.2) is 13.6 Å². The first kappa shape index (κ1) is 24.6. The van der Waals surface area contributed by atoms with Crippen LogP contribution in [0.5, 0.6) is 17.2 Å². The van der Waals surface area contributed by atoms with E-state index in [1.807, 2.05) is 0 Å². The monoisotopic (exact) mass is 501 g/mol. The Hall–Kier alpha value is -4.47. The lowest BCUT2D eigenvalue weighted by Gasteiger charge is -2.13. The number of phenolic OH excluding ortho intramolecular Hbond substituents is 1. The largest absolute Gasteiger partial charge is 0.504 e. The number of rotatable bonds is 8. The fourth-order valence-corrected chi connectivity index (χ4v) is 4.46. The van der Waals surface area contributed by atoms with Crippen molar-refractivity contribution in [3.8, 4) is 28.4 Å². The molecule has 0 aromatic heterocycles. The van der Waals surface area contributed by atoms with Gasteiger partial charge in [-0.2, -0.15) is 0 Å². The molecule has 9 heteroatoms. The zero-order chi connectivity index (χ0) is 25.9. The van der Waals surface area contributed by atoms with Gasteiger partial charge in [0.2, 0.25) is 10.0 Å². The molecule has 4 aromatic rings. The van der Waals surface area contributed by atoms with E-state index in [1.54, 1.807) is 66.7 Å². The molecule has 0 radical (unpaired) electrons. The van der Waals surface area contributed by atoms with Gasteiger partial charge >= 0.3 is 0 Å². The van der Waals surface area contributed by atoms with Crippen LogP contribution < -0.4 is 15.6 Å². The predicted molar refractivity (Wildman–Crippen MR) is 137 cm³/mol. The van der Waals surface area contributed by atoms with Crippen LogP contribution in [0.2, 0.25) is 0 Å². The van der Waals surface area contributed by atoms with Gasteiger partial charge in [0.1, 0.15) is 11.6 Å². The number of hydrogen-bond donors (Lipinski definition) is 4. The second kappa shape index (κ2) is 10.0.